The molecule has 0 aliphatic carbocycles. The van der Waals surface area contributed by atoms with Gasteiger partial charge in [-0.2, -0.15) is 10.2 Å². The van der Waals surface area contributed by atoms with Gasteiger partial charge in [-0.15, -0.1) is 0 Å². The molecule has 0 radical (unpaired) electrons. The van der Waals surface area contributed by atoms with Gasteiger partial charge in [-0.3, -0.25) is 9.59 Å². The van der Waals surface area contributed by atoms with E-state index in [1.807, 2.05) is 48.5 Å². The average molecular weight is 481 g/mol. The molecule has 188 valence electrons. The monoisotopic (exact) mass is 480 g/mol. The van der Waals surface area contributed by atoms with Crippen LogP contribution < -0.4 is 20.7 Å². The molecule has 0 spiro atoms. The number of ether oxygens (including phenoxy) is 1. The van der Waals surface area contributed by atoms with Crippen LogP contribution in [0.3, 0.4) is 0 Å². The van der Waals surface area contributed by atoms with Crippen molar-refractivity contribution in [1.29, 1.82) is 0 Å². The number of nitrogens with zero attached hydrogens (tertiary/aromatic N) is 4. The number of carbonyl (C=O) groups excluding carboxylic acids is 2. The number of carbonyl (C=O) groups is 2. The van der Waals surface area contributed by atoms with E-state index in [9.17, 15) is 9.59 Å². The predicted octanol–water partition coefficient (Wildman–Crippen LogP) is 3.00. The lowest BCUT2D eigenvalue weighted by atomic mass is 10.2. The number of amides is 2. The molecule has 0 aliphatic heterocycles. The van der Waals surface area contributed by atoms with Gasteiger partial charge in [0.25, 0.3) is 11.8 Å². The van der Waals surface area contributed by atoms with Gasteiger partial charge in [0.1, 0.15) is 13.2 Å². The summed E-state index contributed by atoms with van der Waals surface area (Å²) in [7, 11) is 0. The second-order valence-corrected chi connectivity index (χ2v) is 7.61. The van der Waals surface area contributed by atoms with Gasteiger partial charge in [0, 0.05) is 37.6 Å². The van der Waals surface area contributed by atoms with E-state index in [2.05, 4.69) is 58.5 Å². The zero-order chi connectivity index (χ0) is 25.5. The Labute approximate surface area is 207 Å². The molecule has 9 nitrogen and oxygen atoms in total. The molecule has 0 aliphatic rings. The fourth-order valence-electron chi connectivity index (χ4n) is 3.38. The van der Waals surface area contributed by atoms with Gasteiger partial charge >= 0.3 is 0 Å². The molecule has 0 aromatic heterocycles. The van der Waals surface area contributed by atoms with Crippen LogP contribution in [0.2, 0.25) is 0 Å². The highest BCUT2D eigenvalue weighted by Crippen LogP contribution is 2.14. The first kappa shape index (κ1) is 27.5. The van der Waals surface area contributed by atoms with E-state index >= 15 is 0 Å². The van der Waals surface area contributed by atoms with Gasteiger partial charge in [-0.25, -0.2) is 10.9 Å². The third-order valence-corrected chi connectivity index (χ3v) is 5.32. The Kier molecular flexibility index (Phi) is 12.0. The van der Waals surface area contributed by atoms with Crippen molar-refractivity contribution < 1.29 is 14.3 Å². The van der Waals surface area contributed by atoms with E-state index in [1.165, 1.54) is 0 Å². The lowest BCUT2D eigenvalue weighted by molar-refractivity contribution is -0.130. The minimum atomic E-state index is -0.453. The van der Waals surface area contributed by atoms with Crippen molar-refractivity contribution in [2.75, 3.05) is 49.2 Å². The molecule has 2 aromatic rings. The smallest absolute Gasteiger partial charge is 0.266 e. The van der Waals surface area contributed by atoms with E-state index < -0.39 is 11.8 Å². The molecular weight excluding hydrogens is 444 g/mol. The number of rotatable bonds is 14. The molecule has 2 rings (SSSR count). The van der Waals surface area contributed by atoms with Gasteiger partial charge < -0.3 is 14.5 Å². The molecule has 2 N–H and O–H groups in total. The fraction of sp³-hybridized carbons (Fsp3) is 0.385. The van der Waals surface area contributed by atoms with E-state index in [0.29, 0.717) is 0 Å². The highest BCUT2D eigenvalue weighted by Gasteiger charge is 2.05. The maximum Gasteiger partial charge on any atom is 0.266 e. The summed E-state index contributed by atoms with van der Waals surface area (Å²) in [4.78, 5) is 28.1. The Morgan fingerprint density at radius 2 is 1.03 bits per heavy atom. The Hall–Kier alpha value is -3.72. The standard InChI is InChI=1S/C26H36N6O3/c1-5-31(6-2)23-13-9-21(10-14-23)17-27-29-25(33)19-35-20-26(34)30-28-18-22-11-15-24(16-12-22)32(7-3)8-4/h9-18H,5-8,19-20H2,1-4H3,(H,29,33)(H,30,34)/b27-17+,28-18+. The first-order chi connectivity index (χ1) is 17.0. The van der Waals surface area contributed by atoms with Crippen molar-refractivity contribution in [1.82, 2.24) is 10.9 Å². The zero-order valence-corrected chi connectivity index (χ0v) is 21.0. The summed E-state index contributed by atoms with van der Waals surface area (Å²) in [6, 6.07) is 15.8. The first-order valence-electron chi connectivity index (χ1n) is 11.9. The summed E-state index contributed by atoms with van der Waals surface area (Å²) < 4.78 is 5.11. The Morgan fingerprint density at radius 1 is 0.686 bits per heavy atom. The maximum absolute atomic E-state index is 11.8. The predicted molar refractivity (Wildman–Crippen MR) is 142 cm³/mol. The number of hydrogen-bond acceptors (Lipinski definition) is 7. The summed E-state index contributed by atoms with van der Waals surface area (Å²) in [5, 5.41) is 7.84. The highest BCUT2D eigenvalue weighted by molar-refractivity contribution is 5.84. The van der Waals surface area contributed by atoms with Crippen LogP contribution in [0.25, 0.3) is 0 Å². The summed E-state index contributed by atoms with van der Waals surface area (Å²) in [6.45, 7) is 11.6. The number of benzene rings is 2. The maximum atomic E-state index is 11.8. The third-order valence-electron chi connectivity index (χ3n) is 5.32. The largest absolute Gasteiger partial charge is 0.372 e. The molecule has 2 aromatic carbocycles. The molecule has 35 heavy (non-hydrogen) atoms. The molecule has 0 saturated carbocycles. The van der Waals surface area contributed by atoms with Crippen LogP contribution in [0.1, 0.15) is 38.8 Å². The molecule has 9 heteroatoms. The number of anilines is 2. The number of hydrogen-bond donors (Lipinski definition) is 2. The van der Waals surface area contributed by atoms with E-state index in [0.717, 1.165) is 48.7 Å². The van der Waals surface area contributed by atoms with Crippen molar-refractivity contribution in [2.45, 2.75) is 27.7 Å². The summed E-state index contributed by atoms with van der Waals surface area (Å²) in [5.41, 5.74) is 8.77. The highest BCUT2D eigenvalue weighted by atomic mass is 16.5. The molecule has 2 amide bonds. The summed E-state index contributed by atoms with van der Waals surface area (Å²) in [6.07, 6.45) is 3.11. The molecule has 0 bridgehead atoms. The summed E-state index contributed by atoms with van der Waals surface area (Å²) in [5.74, 6) is -0.906. The van der Waals surface area contributed by atoms with Crippen LogP contribution in [0.15, 0.2) is 58.7 Å². The van der Waals surface area contributed by atoms with Crippen LogP contribution in [-0.4, -0.2) is 63.6 Å². The minimum Gasteiger partial charge on any atom is -0.372 e. The summed E-state index contributed by atoms with van der Waals surface area (Å²) >= 11 is 0. The van der Waals surface area contributed by atoms with Crippen molar-refractivity contribution in [2.24, 2.45) is 10.2 Å². The quantitative estimate of drug-likeness (QED) is 0.320. The van der Waals surface area contributed by atoms with E-state index in [4.69, 9.17) is 4.74 Å². The van der Waals surface area contributed by atoms with Crippen LogP contribution in [0.5, 0.6) is 0 Å². The van der Waals surface area contributed by atoms with Crippen LogP contribution >= 0.6 is 0 Å². The first-order valence-corrected chi connectivity index (χ1v) is 11.9. The normalized spacial score (nSPS) is 11.1. The topological polar surface area (TPSA) is 98.6 Å². The number of nitrogens with one attached hydrogen (secondary N) is 2. The van der Waals surface area contributed by atoms with Crippen molar-refractivity contribution in [3.63, 3.8) is 0 Å². The molecular formula is C26H36N6O3. The zero-order valence-electron chi connectivity index (χ0n) is 21.0. The Balaban J connectivity index is 1.66. The molecule has 0 heterocycles. The Bertz CT molecular complexity index is 886. The van der Waals surface area contributed by atoms with Crippen LogP contribution in [-0.2, 0) is 14.3 Å². The van der Waals surface area contributed by atoms with Gasteiger partial charge in [0.15, 0.2) is 0 Å². The average Bonchev–Trinajstić information content (AvgIpc) is 2.87. The van der Waals surface area contributed by atoms with Crippen molar-refractivity contribution in [3.05, 3.63) is 59.7 Å². The molecule has 0 saturated heterocycles. The second kappa shape index (κ2) is 15.2. The number of hydrazone groups is 2. The van der Waals surface area contributed by atoms with E-state index in [-0.39, 0.29) is 13.2 Å². The molecule has 0 unspecified atom stereocenters. The molecule has 0 atom stereocenters. The van der Waals surface area contributed by atoms with E-state index in [1.54, 1.807) is 12.4 Å². The third kappa shape index (κ3) is 9.58. The van der Waals surface area contributed by atoms with Gasteiger partial charge in [0.2, 0.25) is 0 Å². The minimum absolute atomic E-state index is 0.289. The van der Waals surface area contributed by atoms with Crippen molar-refractivity contribution >= 4 is 35.6 Å². The van der Waals surface area contributed by atoms with Crippen molar-refractivity contribution in [3.8, 4) is 0 Å². The SMILES string of the molecule is CCN(CC)c1ccc(/C=N/NC(=O)COCC(=O)N/N=C/c2ccc(N(CC)CC)cc2)cc1. The van der Waals surface area contributed by atoms with Crippen LogP contribution in [0, 0.1) is 0 Å². The fourth-order valence-corrected chi connectivity index (χ4v) is 3.38. The molecule has 0 fully saturated rings. The van der Waals surface area contributed by atoms with Gasteiger partial charge in [-0.05, 0) is 63.1 Å². The van der Waals surface area contributed by atoms with Crippen LogP contribution in [0.4, 0.5) is 11.4 Å². The second-order valence-electron chi connectivity index (χ2n) is 7.61. The lowest BCUT2D eigenvalue weighted by Crippen LogP contribution is -2.28. The van der Waals surface area contributed by atoms with Gasteiger partial charge in [0.05, 0.1) is 12.4 Å². The Morgan fingerprint density at radius 3 is 1.34 bits per heavy atom. The van der Waals surface area contributed by atoms with Gasteiger partial charge in [-0.1, -0.05) is 24.3 Å². The lowest BCUT2D eigenvalue weighted by Gasteiger charge is -2.20.